The van der Waals surface area contributed by atoms with E-state index in [4.69, 9.17) is 9.52 Å². The summed E-state index contributed by atoms with van der Waals surface area (Å²) in [5, 5.41) is 11.0. The second-order valence-electron chi connectivity index (χ2n) is 3.41. The van der Waals surface area contributed by atoms with E-state index in [0.29, 0.717) is 17.7 Å². The summed E-state index contributed by atoms with van der Waals surface area (Å²) < 4.78 is 5.18. The average Bonchev–Trinajstić information content (AvgIpc) is 2.66. The zero-order valence-corrected chi connectivity index (χ0v) is 9.16. The normalized spacial score (nSPS) is 10.1. The molecule has 0 aliphatic heterocycles. The molecule has 0 radical (unpaired) electrons. The number of hydrogen-bond donors (Lipinski definition) is 2. The first-order valence-corrected chi connectivity index (χ1v) is 5.21. The molecule has 0 bridgehead atoms. The van der Waals surface area contributed by atoms with Crippen molar-refractivity contribution in [1.82, 2.24) is 5.32 Å². The van der Waals surface area contributed by atoms with Gasteiger partial charge in [0.1, 0.15) is 5.76 Å². The summed E-state index contributed by atoms with van der Waals surface area (Å²) >= 11 is 0. The quantitative estimate of drug-likeness (QED) is 0.767. The van der Waals surface area contributed by atoms with E-state index in [2.05, 4.69) is 5.32 Å². The van der Waals surface area contributed by atoms with Crippen LogP contribution in [0, 0.1) is 0 Å². The average molecular weight is 225 g/mol. The molecule has 16 heavy (non-hydrogen) atoms. The predicted octanol–water partition coefficient (Wildman–Crippen LogP) is 1.44. The number of amides is 1. The number of carboxylic acid groups (broad SMARTS) is 1. The summed E-state index contributed by atoms with van der Waals surface area (Å²) in [7, 11) is 0. The summed E-state index contributed by atoms with van der Waals surface area (Å²) in [5.74, 6) is -0.560. The Morgan fingerprint density at radius 2 is 2.25 bits per heavy atom. The number of furan rings is 1. The van der Waals surface area contributed by atoms with Gasteiger partial charge in [-0.15, -0.1) is 0 Å². The zero-order valence-electron chi connectivity index (χ0n) is 9.16. The van der Waals surface area contributed by atoms with Crippen LogP contribution < -0.4 is 5.32 Å². The van der Waals surface area contributed by atoms with Crippen LogP contribution in [0.1, 0.15) is 35.9 Å². The molecular formula is C11H15NO4. The first-order chi connectivity index (χ1) is 7.65. The van der Waals surface area contributed by atoms with Crippen molar-refractivity contribution in [3.8, 4) is 0 Å². The first-order valence-electron chi connectivity index (χ1n) is 5.21. The summed E-state index contributed by atoms with van der Waals surface area (Å²) in [6.07, 6.45) is 2.99. The van der Waals surface area contributed by atoms with Crippen molar-refractivity contribution in [3.63, 3.8) is 0 Å². The molecular weight excluding hydrogens is 210 g/mol. The highest BCUT2D eigenvalue weighted by atomic mass is 16.4. The van der Waals surface area contributed by atoms with Crippen molar-refractivity contribution >= 4 is 11.9 Å². The molecule has 0 atom stereocenters. The number of carboxylic acids is 1. The van der Waals surface area contributed by atoms with Crippen LogP contribution in [-0.2, 0) is 11.2 Å². The van der Waals surface area contributed by atoms with E-state index in [1.165, 1.54) is 6.26 Å². The fourth-order valence-corrected chi connectivity index (χ4v) is 1.34. The van der Waals surface area contributed by atoms with Crippen molar-refractivity contribution in [2.45, 2.75) is 26.2 Å². The fraction of sp³-hybridized carbons (Fsp3) is 0.455. The van der Waals surface area contributed by atoms with E-state index >= 15 is 0 Å². The third-order valence-corrected chi connectivity index (χ3v) is 2.09. The molecule has 1 heterocycles. The van der Waals surface area contributed by atoms with E-state index in [0.717, 1.165) is 6.42 Å². The van der Waals surface area contributed by atoms with Gasteiger partial charge in [0.2, 0.25) is 0 Å². The lowest BCUT2D eigenvalue weighted by atomic mass is 10.1. The SMILES string of the molecule is CCCc1occc1C(=O)NCCC(=O)O. The maximum Gasteiger partial charge on any atom is 0.305 e. The molecule has 0 aliphatic carbocycles. The molecule has 1 aromatic heterocycles. The summed E-state index contributed by atoms with van der Waals surface area (Å²) in [6, 6.07) is 1.60. The van der Waals surface area contributed by atoms with Gasteiger partial charge < -0.3 is 14.8 Å². The Labute approximate surface area is 93.4 Å². The topological polar surface area (TPSA) is 79.5 Å². The molecule has 0 aromatic carbocycles. The zero-order chi connectivity index (χ0) is 12.0. The molecule has 5 heteroatoms. The van der Waals surface area contributed by atoms with Gasteiger partial charge in [-0.1, -0.05) is 6.92 Å². The largest absolute Gasteiger partial charge is 0.481 e. The Morgan fingerprint density at radius 3 is 2.88 bits per heavy atom. The number of nitrogens with one attached hydrogen (secondary N) is 1. The van der Waals surface area contributed by atoms with Crippen LogP contribution in [-0.4, -0.2) is 23.5 Å². The Bertz CT molecular complexity index is 370. The van der Waals surface area contributed by atoms with Gasteiger partial charge in [0.25, 0.3) is 5.91 Å². The van der Waals surface area contributed by atoms with Gasteiger partial charge in [-0.2, -0.15) is 0 Å². The number of rotatable bonds is 6. The summed E-state index contributed by atoms with van der Waals surface area (Å²) in [5.41, 5.74) is 0.493. The van der Waals surface area contributed by atoms with Gasteiger partial charge in [0, 0.05) is 13.0 Å². The minimum absolute atomic E-state index is 0.0767. The number of carbonyl (C=O) groups is 2. The number of carbonyl (C=O) groups excluding carboxylic acids is 1. The third kappa shape index (κ3) is 3.42. The number of hydrogen-bond acceptors (Lipinski definition) is 3. The highest BCUT2D eigenvalue weighted by molar-refractivity contribution is 5.95. The van der Waals surface area contributed by atoms with Gasteiger partial charge in [0.05, 0.1) is 18.2 Å². The molecule has 5 nitrogen and oxygen atoms in total. The van der Waals surface area contributed by atoms with Crippen LogP contribution >= 0.6 is 0 Å². The fourth-order valence-electron chi connectivity index (χ4n) is 1.34. The van der Waals surface area contributed by atoms with Gasteiger partial charge in [-0.3, -0.25) is 9.59 Å². The van der Waals surface area contributed by atoms with E-state index < -0.39 is 5.97 Å². The second kappa shape index (κ2) is 5.95. The Hall–Kier alpha value is -1.78. The lowest BCUT2D eigenvalue weighted by Crippen LogP contribution is -2.26. The summed E-state index contributed by atoms with van der Waals surface area (Å²) in [4.78, 5) is 21.9. The summed E-state index contributed by atoms with van der Waals surface area (Å²) in [6.45, 7) is 2.12. The smallest absolute Gasteiger partial charge is 0.305 e. The van der Waals surface area contributed by atoms with Crippen LogP contribution in [0.15, 0.2) is 16.7 Å². The van der Waals surface area contributed by atoms with Gasteiger partial charge >= 0.3 is 5.97 Å². The Kier molecular flexibility index (Phi) is 4.57. The number of aryl methyl sites for hydroxylation is 1. The van der Waals surface area contributed by atoms with Crippen LogP contribution in [0.5, 0.6) is 0 Å². The highest BCUT2D eigenvalue weighted by Crippen LogP contribution is 2.12. The van der Waals surface area contributed by atoms with Gasteiger partial charge in [-0.05, 0) is 12.5 Å². The molecule has 1 rings (SSSR count). The van der Waals surface area contributed by atoms with E-state index in [1.807, 2.05) is 6.92 Å². The molecule has 0 aliphatic rings. The Morgan fingerprint density at radius 1 is 1.50 bits per heavy atom. The van der Waals surface area contributed by atoms with Crippen LogP contribution in [0.2, 0.25) is 0 Å². The van der Waals surface area contributed by atoms with Crippen molar-refractivity contribution in [2.75, 3.05) is 6.54 Å². The van der Waals surface area contributed by atoms with Gasteiger partial charge in [-0.25, -0.2) is 0 Å². The first kappa shape index (κ1) is 12.3. The van der Waals surface area contributed by atoms with Gasteiger partial charge in [0.15, 0.2) is 0 Å². The van der Waals surface area contributed by atoms with E-state index in [1.54, 1.807) is 6.07 Å². The molecule has 0 fully saturated rings. The minimum atomic E-state index is -0.929. The van der Waals surface area contributed by atoms with Crippen molar-refractivity contribution in [2.24, 2.45) is 0 Å². The monoisotopic (exact) mass is 225 g/mol. The lowest BCUT2D eigenvalue weighted by molar-refractivity contribution is -0.136. The standard InChI is InChI=1S/C11H15NO4/c1-2-3-9-8(5-7-16-9)11(15)12-6-4-10(13)14/h5,7H,2-4,6H2,1H3,(H,12,15)(H,13,14). The van der Waals surface area contributed by atoms with Crippen molar-refractivity contribution < 1.29 is 19.1 Å². The molecule has 0 saturated carbocycles. The molecule has 0 spiro atoms. The Balaban J connectivity index is 2.52. The van der Waals surface area contributed by atoms with Crippen LogP contribution in [0.3, 0.4) is 0 Å². The highest BCUT2D eigenvalue weighted by Gasteiger charge is 2.13. The molecule has 1 amide bonds. The molecule has 1 aromatic rings. The second-order valence-corrected chi connectivity index (χ2v) is 3.41. The molecule has 0 unspecified atom stereocenters. The van der Waals surface area contributed by atoms with E-state index in [9.17, 15) is 9.59 Å². The molecule has 2 N–H and O–H groups in total. The number of aliphatic carboxylic acids is 1. The minimum Gasteiger partial charge on any atom is -0.481 e. The lowest BCUT2D eigenvalue weighted by Gasteiger charge is -2.03. The predicted molar refractivity (Wildman–Crippen MR) is 57.3 cm³/mol. The maximum absolute atomic E-state index is 11.6. The van der Waals surface area contributed by atoms with Crippen molar-refractivity contribution in [3.05, 3.63) is 23.7 Å². The van der Waals surface area contributed by atoms with Crippen LogP contribution in [0.25, 0.3) is 0 Å². The van der Waals surface area contributed by atoms with Crippen LogP contribution in [0.4, 0.5) is 0 Å². The van der Waals surface area contributed by atoms with E-state index in [-0.39, 0.29) is 18.9 Å². The maximum atomic E-state index is 11.6. The molecule has 0 saturated heterocycles. The molecule has 88 valence electrons. The third-order valence-electron chi connectivity index (χ3n) is 2.09. The van der Waals surface area contributed by atoms with Crippen molar-refractivity contribution in [1.29, 1.82) is 0 Å².